The van der Waals surface area contributed by atoms with Gasteiger partial charge in [-0.1, -0.05) is 24.3 Å². The van der Waals surface area contributed by atoms with E-state index in [4.69, 9.17) is 0 Å². The lowest BCUT2D eigenvalue weighted by atomic mass is 9.97. The minimum absolute atomic E-state index is 0.0258. The Morgan fingerprint density at radius 2 is 1.79 bits per heavy atom. The first-order chi connectivity index (χ1) is 13.2. The first-order valence-electron chi connectivity index (χ1n) is 9.57. The van der Waals surface area contributed by atoms with Gasteiger partial charge < -0.3 is 4.90 Å². The molecule has 4 rings (SSSR count). The zero-order valence-electron chi connectivity index (χ0n) is 16.0. The molecule has 0 atom stereocenters. The molecule has 2 aromatic carbocycles. The summed E-state index contributed by atoms with van der Waals surface area (Å²) in [6.07, 6.45) is -3.59. The van der Waals surface area contributed by atoms with E-state index in [9.17, 15) is 18.0 Å². The fourth-order valence-electron chi connectivity index (χ4n) is 4.20. The number of carbonyl (C=O) groups excluding carboxylic acids is 1. The highest BCUT2D eigenvalue weighted by atomic mass is 19.4. The Hall–Kier alpha value is -2.34. The van der Waals surface area contributed by atoms with E-state index in [0.717, 1.165) is 13.0 Å². The molecule has 0 bridgehead atoms. The summed E-state index contributed by atoms with van der Waals surface area (Å²) in [5, 5.41) is 0. The summed E-state index contributed by atoms with van der Waals surface area (Å²) in [7, 11) is 0. The van der Waals surface area contributed by atoms with Crippen molar-refractivity contribution < 1.29 is 18.0 Å². The average Bonchev–Trinajstić information content (AvgIpc) is 2.97. The predicted molar refractivity (Wildman–Crippen MR) is 101 cm³/mol. The highest BCUT2D eigenvalue weighted by Crippen LogP contribution is 2.39. The Kier molecular flexibility index (Phi) is 4.70. The first kappa shape index (κ1) is 19.0. The maximum atomic E-state index is 13.7. The van der Waals surface area contributed by atoms with Crippen LogP contribution >= 0.6 is 0 Å². The standard InChI is InChI=1S/C22H23F3N2O/c1-14(2)27-13-19-18(21(27)28)9-15(10-20(19)22(23,24)25)11-26-8-7-16-5-3-4-6-17(16)12-26/h3-6,9-10,14H,7-8,11-13H2,1-2H3. The zero-order chi connectivity index (χ0) is 20.1. The van der Waals surface area contributed by atoms with Crippen LogP contribution in [0.2, 0.25) is 0 Å². The molecule has 28 heavy (non-hydrogen) atoms. The lowest BCUT2D eigenvalue weighted by molar-refractivity contribution is -0.138. The van der Waals surface area contributed by atoms with Gasteiger partial charge in [-0.25, -0.2) is 0 Å². The molecule has 0 saturated heterocycles. The van der Waals surface area contributed by atoms with Crippen LogP contribution < -0.4 is 0 Å². The van der Waals surface area contributed by atoms with Crippen molar-refractivity contribution >= 4 is 5.91 Å². The highest BCUT2D eigenvalue weighted by molar-refractivity contribution is 5.99. The number of carbonyl (C=O) groups is 1. The van der Waals surface area contributed by atoms with Crippen molar-refractivity contribution in [2.75, 3.05) is 6.54 Å². The number of alkyl halides is 3. The van der Waals surface area contributed by atoms with Gasteiger partial charge in [-0.15, -0.1) is 0 Å². The summed E-state index contributed by atoms with van der Waals surface area (Å²) < 4.78 is 41.1. The van der Waals surface area contributed by atoms with E-state index >= 15 is 0 Å². The first-order valence-corrected chi connectivity index (χ1v) is 9.57. The van der Waals surface area contributed by atoms with Crippen LogP contribution in [0.5, 0.6) is 0 Å². The van der Waals surface area contributed by atoms with E-state index < -0.39 is 11.7 Å². The third kappa shape index (κ3) is 3.41. The van der Waals surface area contributed by atoms with Crippen LogP contribution in [0.1, 0.15) is 52.0 Å². The summed E-state index contributed by atoms with van der Waals surface area (Å²) in [5.41, 5.74) is 2.70. The molecule has 0 radical (unpaired) electrons. The summed E-state index contributed by atoms with van der Waals surface area (Å²) in [6, 6.07) is 10.9. The molecule has 2 aliphatic heterocycles. The van der Waals surface area contributed by atoms with Gasteiger partial charge in [-0.2, -0.15) is 13.2 Å². The molecule has 0 aliphatic carbocycles. The highest BCUT2D eigenvalue weighted by Gasteiger charge is 2.40. The Morgan fingerprint density at radius 1 is 1.07 bits per heavy atom. The zero-order valence-corrected chi connectivity index (χ0v) is 16.0. The second-order valence-corrected chi connectivity index (χ2v) is 7.92. The van der Waals surface area contributed by atoms with E-state index in [1.165, 1.54) is 22.1 Å². The molecule has 0 spiro atoms. The molecule has 3 nitrogen and oxygen atoms in total. The van der Waals surface area contributed by atoms with E-state index in [-0.39, 0.29) is 29.6 Å². The molecule has 2 heterocycles. The molecule has 0 aromatic heterocycles. The third-order valence-electron chi connectivity index (χ3n) is 5.67. The molecule has 0 fully saturated rings. The lowest BCUT2D eigenvalue weighted by Gasteiger charge is -2.29. The molecule has 2 aromatic rings. The molecule has 0 unspecified atom stereocenters. The summed E-state index contributed by atoms with van der Waals surface area (Å²) in [5.74, 6) is -0.304. The van der Waals surface area contributed by atoms with Gasteiger partial charge in [0.1, 0.15) is 0 Å². The van der Waals surface area contributed by atoms with Crippen LogP contribution in [-0.2, 0) is 32.2 Å². The molecule has 148 valence electrons. The normalized spacial score (nSPS) is 17.2. The maximum Gasteiger partial charge on any atom is 0.416 e. The molecule has 6 heteroatoms. The number of amides is 1. The van der Waals surface area contributed by atoms with Crippen molar-refractivity contribution in [2.24, 2.45) is 0 Å². The largest absolute Gasteiger partial charge is 0.416 e. The van der Waals surface area contributed by atoms with Gasteiger partial charge in [0.15, 0.2) is 0 Å². The van der Waals surface area contributed by atoms with E-state index in [1.807, 2.05) is 26.0 Å². The predicted octanol–water partition coefficient (Wildman–Crippen LogP) is 4.63. The molecule has 0 N–H and O–H groups in total. The van der Waals surface area contributed by atoms with Crippen molar-refractivity contribution in [1.29, 1.82) is 0 Å². The average molecular weight is 388 g/mol. The van der Waals surface area contributed by atoms with Crippen molar-refractivity contribution in [3.05, 3.63) is 69.8 Å². The fraction of sp³-hybridized carbons (Fsp3) is 0.409. The van der Waals surface area contributed by atoms with Gasteiger partial charge >= 0.3 is 6.18 Å². The van der Waals surface area contributed by atoms with Crippen LogP contribution in [0.3, 0.4) is 0 Å². The van der Waals surface area contributed by atoms with Crippen molar-refractivity contribution in [3.8, 4) is 0 Å². The fourth-order valence-corrected chi connectivity index (χ4v) is 4.20. The topological polar surface area (TPSA) is 23.6 Å². The third-order valence-corrected chi connectivity index (χ3v) is 5.67. The van der Waals surface area contributed by atoms with Crippen LogP contribution in [0.15, 0.2) is 36.4 Å². The number of fused-ring (bicyclic) bond motifs is 2. The molecule has 0 saturated carbocycles. The maximum absolute atomic E-state index is 13.7. The van der Waals surface area contributed by atoms with E-state index in [2.05, 4.69) is 17.0 Å². The quantitative estimate of drug-likeness (QED) is 0.766. The number of rotatable bonds is 3. The number of hydrogen-bond donors (Lipinski definition) is 0. The second-order valence-electron chi connectivity index (χ2n) is 7.92. The number of hydrogen-bond acceptors (Lipinski definition) is 2. The Morgan fingerprint density at radius 3 is 2.46 bits per heavy atom. The monoisotopic (exact) mass is 388 g/mol. The smallest absolute Gasteiger partial charge is 0.332 e. The summed E-state index contributed by atoms with van der Waals surface area (Å²) in [6.45, 7) is 5.58. The lowest BCUT2D eigenvalue weighted by Crippen LogP contribution is -2.31. The number of halogens is 3. The van der Waals surface area contributed by atoms with E-state index in [1.54, 1.807) is 6.07 Å². The van der Waals surface area contributed by atoms with Gasteiger partial charge in [0.05, 0.1) is 5.56 Å². The van der Waals surface area contributed by atoms with Gasteiger partial charge in [-0.05, 0) is 54.7 Å². The Balaban J connectivity index is 1.65. The van der Waals surface area contributed by atoms with Crippen LogP contribution in [-0.4, -0.2) is 28.3 Å². The number of benzene rings is 2. The minimum atomic E-state index is -4.47. The molecule has 1 amide bonds. The molecule has 2 aliphatic rings. The van der Waals surface area contributed by atoms with Crippen molar-refractivity contribution in [1.82, 2.24) is 9.80 Å². The molecular weight excluding hydrogens is 365 g/mol. The SMILES string of the molecule is CC(C)N1Cc2c(cc(CN3CCc4ccccc4C3)cc2C(F)(F)F)C1=O. The summed E-state index contributed by atoms with van der Waals surface area (Å²) in [4.78, 5) is 16.3. The van der Waals surface area contributed by atoms with E-state index in [0.29, 0.717) is 18.7 Å². The minimum Gasteiger partial charge on any atom is -0.332 e. The Bertz CT molecular complexity index is 920. The Labute approximate surface area is 162 Å². The number of nitrogens with zero attached hydrogens (tertiary/aromatic N) is 2. The van der Waals surface area contributed by atoms with Crippen LogP contribution in [0.25, 0.3) is 0 Å². The van der Waals surface area contributed by atoms with Crippen LogP contribution in [0, 0.1) is 0 Å². The molecular formula is C22H23F3N2O. The summed E-state index contributed by atoms with van der Waals surface area (Å²) >= 11 is 0. The van der Waals surface area contributed by atoms with Gasteiger partial charge in [0.25, 0.3) is 5.91 Å². The van der Waals surface area contributed by atoms with Crippen LogP contribution in [0.4, 0.5) is 13.2 Å². The van der Waals surface area contributed by atoms with Crippen molar-refractivity contribution in [3.63, 3.8) is 0 Å². The van der Waals surface area contributed by atoms with Crippen molar-refractivity contribution in [2.45, 2.75) is 52.1 Å². The second kappa shape index (κ2) is 6.92. The van der Waals surface area contributed by atoms with Gasteiger partial charge in [0, 0.05) is 37.8 Å². The van der Waals surface area contributed by atoms with Gasteiger partial charge in [0.2, 0.25) is 0 Å². The van der Waals surface area contributed by atoms with Gasteiger partial charge in [-0.3, -0.25) is 9.69 Å².